The topological polar surface area (TPSA) is 45.5 Å². The summed E-state index contributed by atoms with van der Waals surface area (Å²) in [6, 6.07) is 20.9. The predicted octanol–water partition coefficient (Wildman–Crippen LogP) is 3.60. The maximum atomic E-state index is 5.44. The minimum atomic E-state index is 0.196. The fourth-order valence-corrected chi connectivity index (χ4v) is 2.76. The molecule has 1 atom stereocenters. The standard InChI is InChI=1S/C21H25N4O/c1-17(14-18-10-6-4-7-11-18)25-16-21(26-23-25)22-20(24(2)3)15-19-12-8-5-9-13-19/h4-13,16-17H,14-15H2,1-3H3/q+1. The molecule has 0 saturated carbocycles. The van der Waals surface area contributed by atoms with Crippen LogP contribution in [0.1, 0.15) is 24.1 Å². The number of benzene rings is 2. The van der Waals surface area contributed by atoms with Crippen LogP contribution < -0.4 is 4.68 Å². The van der Waals surface area contributed by atoms with Crippen molar-refractivity contribution in [1.29, 1.82) is 0 Å². The lowest BCUT2D eigenvalue weighted by Gasteiger charge is -2.14. The average molecular weight is 349 g/mol. The molecule has 0 aliphatic rings. The Morgan fingerprint density at radius 1 is 1.04 bits per heavy atom. The summed E-state index contributed by atoms with van der Waals surface area (Å²) in [6.07, 6.45) is 3.50. The highest BCUT2D eigenvalue weighted by molar-refractivity contribution is 5.85. The van der Waals surface area contributed by atoms with Crippen LogP contribution in [0, 0.1) is 0 Å². The number of rotatable bonds is 6. The highest BCUT2D eigenvalue weighted by atomic mass is 16.5. The largest absolute Gasteiger partial charge is 0.366 e. The zero-order valence-electron chi connectivity index (χ0n) is 15.5. The van der Waals surface area contributed by atoms with Crippen LogP contribution in [0.5, 0.6) is 0 Å². The number of hydrogen-bond donors (Lipinski definition) is 0. The van der Waals surface area contributed by atoms with Gasteiger partial charge in [0.05, 0.1) is 0 Å². The average Bonchev–Trinajstić information content (AvgIpc) is 3.12. The van der Waals surface area contributed by atoms with E-state index in [1.165, 1.54) is 11.1 Å². The summed E-state index contributed by atoms with van der Waals surface area (Å²) in [5.74, 6) is 1.44. The molecule has 1 aromatic heterocycles. The molecule has 0 fully saturated rings. The third kappa shape index (κ3) is 4.79. The van der Waals surface area contributed by atoms with E-state index in [1.807, 2.05) is 54.1 Å². The summed E-state index contributed by atoms with van der Waals surface area (Å²) in [7, 11) is 3.98. The number of hydrogen-bond acceptors (Lipinski definition) is 3. The van der Waals surface area contributed by atoms with Crippen LogP contribution in [0.15, 0.2) is 76.4 Å². The second kappa shape index (κ2) is 8.43. The summed E-state index contributed by atoms with van der Waals surface area (Å²) in [5.41, 5.74) is 2.49. The highest BCUT2D eigenvalue weighted by Crippen LogP contribution is 2.13. The van der Waals surface area contributed by atoms with Crippen LogP contribution in [-0.2, 0) is 12.8 Å². The van der Waals surface area contributed by atoms with Crippen molar-refractivity contribution < 1.29 is 9.20 Å². The molecule has 0 saturated heterocycles. The van der Waals surface area contributed by atoms with Gasteiger partial charge in [0.25, 0.3) is 6.20 Å². The molecule has 0 N–H and O–H groups in total. The van der Waals surface area contributed by atoms with Crippen molar-refractivity contribution in [3.63, 3.8) is 0 Å². The molecule has 1 heterocycles. The first-order chi connectivity index (χ1) is 12.6. The molecule has 134 valence electrons. The fraction of sp³-hybridized carbons (Fsp3) is 0.286. The molecule has 0 spiro atoms. The summed E-state index contributed by atoms with van der Waals surface area (Å²) < 4.78 is 7.28. The lowest BCUT2D eigenvalue weighted by atomic mass is 10.1. The lowest BCUT2D eigenvalue weighted by Crippen LogP contribution is -2.39. The third-order valence-corrected chi connectivity index (χ3v) is 4.26. The van der Waals surface area contributed by atoms with Crippen LogP contribution >= 0.6 is 0 Å². The van der Waals surface area contributed by atoms with E-state index in [4.69, 9.17) is 4.52 Å². The molecular formula is C21H25N4O+. The molecule has 26 heavy (non-hydrogen) atoms. The van der Waals surface area contributed by atoms with Gasteiger partial charge in [-0.05, 0) is 15.8 Å². The minimum Gasteiger partial charge on any atom is -0.366 e. The van der Waals surface area contributed by atoms with Crippen molar-refractivity contribution in [3.8, 4) is 0 Å². The minimum absolute atomic E-state index is 0.196. The van der Waals surface area contributed by atoms with E-state index < -0.39 is 0 Å². The molecule has 0 amide bonds. The van der Waals surface area contributed by atoms with Crippen molar-refractivity contribution in [3.05, 3.63) is 78.0 Å². The van der Waals surface area contributed by atoms with Gasteiger partial charge in [-0.2, -0.15) is 4.99 Å². The molecule has 0 aliphatic heterocycles. The van der Waals surface area contributed by atoms with Gasteiger partial charge in [-0.1, -0.05) is 60.7 Å². The Balaban J connectivity index is 1.73. The van der Waals surface area contributed by atoms with E-state index in [9.17, 15) is 0 Å². The van der Waals surface area contributed by atoms with Crippen LogP contribution in [0.2, 0.25) is 0 Å². The Labute approximate surface area is 154 Å². The zero-order valence-corrected chi connectivity index (χ0v) is 15.5. The maximum absolute atomic E-state index is 5.44. The predicted molar refractivity (Wildman–Crippen MR) is 102 cm³/mol. The van der Waals surface area contributed by atoms with Gasteiger partial charge in [-0.3, -0.25) is 4.52 Å². The summed E-state index contributed by atoms with van der Waals surface area (Å²) in [6.45, 7) is 2.12. The Morgan fingerprint density at radius 2 is 1.65 bits per heavy atom. The van der Waals surface area contributed by atoms with Gasteiger partial charge in [-0.15, -0.1) is 0 Å². The molecule has 5 heteroatoms. The molecule has 0 bridgehead atoms. The second-order valence-corrected chi connectivity index (χ2v) is 6.64. The van der Waals surface area contributed by atoms with E-state index in [0.717, 1.165) is 18.7 Å². The highest BCUT2D eigenvalue weighted by Gasteiger charge is 2.20. The number of aromatic nitrogens is 2. The number of likely N-dealkylation sites (N-methyl/N-ethyl adjacent to an activating group) is 1. The molecule has 5 nitrogen and oxygen atoms in total. The Kier molecular flexibility index (Phi) is 5.79. The van der Waals surface area contributed by atoms with Crippen LogP contribution in [-0.4, -0.2) is 30.1 Å². The Bertz CT molecular complexity index is 841. The Morgan fingerprint density at radius 3 is 2.27 bits per heavy atom. The SMILES string of the molecule is CC(Cc1ccccc1)[n+]1cc(N=C(Cc2ccccc2)N(C)C)on1. The first kappa shape index (κ1) is 17.9. The Hall–Kier alpha value is -2.95. The molecule has 3 rings (SSSR count). The summed E-state index contributed by atoms with van der Waals surface area (Å²) in [5, 5.41) is 4.15. The van der Waals surface area contributed by atoms with Crippen molar-refractivity contribution in [2.24, 2.45) is 4.99 Å². The second-order valence-electron chi connectivity index (χ2n) is 6.64. The molecule has 1 unspecified atom stereocenters. The summed E-state index contributed by atoms with van der Waals surface area (Å²) in [4.78, 5) is 6.66. The van der Waals surface area contributed by atoms with Crippen molar-refractivity contribution >= 4 is 11.7 Å². The van der Waals surface area contributed by atoms with E-state index in [1.54, 1.807) is 0 Å². The van der Waals surface area contributed by atoms with Crippen molar-refractivity contribution in [2.75, 3.05) is 14.1 Å². The maximum Gasteiger partial charge on any atom is 0.323 e. The van der Waals surface area contributed by atoms with E-state index >= 15 is 0 Å². The lowest BCUT2D eigenvalue weighted by molar-refractivity contribution is -0.782. The van der Waals surface area contributed by atoms with Gasteiger partial charge in [0, 0.05) is 33.9 Å². The monoisotopic (exact) mass is 349 g/mol. The van der Waals surface area contributed by atoms with Gasteiger partial charge >= 0.3 is 5.88 Å². The smallest absolute Gasteiger partial charge is 0.323 e. The summed E-state index contributed by atoms with van der Waals surface area (Å²) >= 11 is 0. The van der Waals surface area contributed by atoms with E-state index in [-0.39, 0.29) is 6.04 Å². The van der Waals surface area contributed by atoms with Crippen molar-refractivity contribution in [1.82, 2.24) is 10.2 Å². The zero-order chi connectivity index (χ0) is 18.4. The van der Waals surface area contributed by atoms with Crippen LogP contribution in [0.3, 0.4) is 0 Å². The number of aliphatic imine (C=N–C) groups is 1. The van der Waals surface area contributed by atoms with Crippen LogP contribution in [0.4, 0.5) is 5.88 Å². The molecule has 0 aliphatic carbocycles. The first-order valence-electron chi connectivity index (χ1n) is 8.82. The fourth-order valence-electron chi connectivity index (χ4n) is 2.76. The van der Waals surface area contributed by atoms with Crippen LogP contribution in [0.25, 0.3) is 0 Å². The molecule has 3 aromatic rings. The van der Waals surface area contributed by atoms with E-state index in [2.05, 4.69) is 53.6 Å². The first-order valence-corrected chi connectivity index (χ1v) is 8.82. The van der Waals surface area contributed by atoms with E-state index in [0.29, 0.717) is 5.88 Å². The normalized spacial score (nSPS) is 12.8. The van der Waals surface area contributed by atoms with Gasteiger partial charge in [-0.25, -0.2) is 0 Å². The molecule has 2 aromatic carbocycles. The molecule has 0 radical (unpaired) electrons. The molecular weight excluding hydrogens is 324 g/mol. The van der Waals surface area contributed by atoms with Gasteiger partial charge in [0.15, 0.2) is 6.04 Å². The number of amidine groups is 1. The number of nitrogens with zero attached hydrogens (tertiary/aromatic N) is 4. The van der Waals surface area contributed by atoms with Gasteiger partial charge < -0.3 is 4.90 Å². The quantitative estimate of drug-likeness (QED) is 0.388. The van der Waals surface area contributed by atoms with Gasteiger partial charge in [0.2, 0.25) is 5.27 Å². The van der Waals surface area contributed by atoms with Crippen molar-refractivity contribution in [2.45, 2.75) is 25.8 Å². The van der Waals surface area contributed by atoms with Gasteiger partial charge in [0.1, 0.15) is 5.84 Å². The third-order valence-electron chi connectivity index (χ3n) is 4.26.